The van der Waals surface area contributed by atoms with Crippen molar-refractivity contribution in [3.8, 4) is 0 Å². The first-order valence-corrected chi connectivity index (χ1v) is 5.33. The second-order valence-corrected chi connectivity index (χ2v) is 4.70. The number of rotatable bonds is 0. The highest BCUT2D eigenvalue weighted by Gasteiger charge is 1.88. The predicted molar refractivity (Wildman–Crippen MR) is 39.4 cm³/mol. The Hall–Kier alpha value is 0.890. The molecule has 0 saturated heterocycles. The van der Waals surface area contributed by atoms with E-state index in [1.165, 1.54) is 0 Å². The van der Waals surface area contributed by atoms with Gasteiger partial charge in [-0.1, -0.05) is 0 Å². The minimum Gasteiger partial charge on any atom is -0.750 e. The van der Waals surface area contributed by atoms with Crippen molar-refractivity contribution in [2.75, 3.05) is 0 Å². The Labute approximate surface area is 75.2 Å². The molecular weight excluding hydrogens is 250 g/mol. The van der Waals surface area contributed by atoms with Gasteiger partial charge in [0.05, 0.1) is 11.4 Å². The first kappa shape index (κ1) is 17.1. The highest BCUT2D eigenvalue weighted by atomic mass is 36.0. The van der Waals surface area contributed by atoms with E-state index in [4.69, 9.17) is 21.7 Å². The summed E-state index contributed by atoms with van der Waals surface area (Å²) in [6, 6.07) is 0. The van der Waals surface area contributed by atoms with E-state index in [-0.39, 0.29) is 12.4 Å². The smallest absolute Gasteiger partial charge is 0.317 e. The second-order valence-electron chi connectivity index (χ2n) is 0.595. The van der Waals surface area contributed by atoms with Gasteiger partial charge in [0.2, 0.25) is 0 Å². The van der Waals surface area contributed by atoms with E-state index in [0.29, 0.717) is 0 Å². The second kappa shape index (κ2) is 7.99. The molecule has 1 unspecified atom stereocenters. The summed E-state index contributed by atoms with van der Waals surface area (Å²) in [5.74, 6) is 0. The van der Waals surface area contributed by atoms with Gasteiger partial charge in [0.1, 0.15) is 0 Å². The summed E-state index contributed by atoms with van der Waals surface area (Å²) >= 11 is -2.86. The molecule has 5 nitrogen and oxygen atoms in total. The van der Waals surface area contributed by atoms with E-state index >= 15 is 0 Å². The molecule has 0 aliphatic rings. The predicted octanol–water partition coefficient (Wildman–Crippen LogP) is 0.469. The molecule has 0 rings (SSSR count). The molecule has 0 saturated carbocycles. The fraction of sp³-hybridized carbons (Fsp3) is 0. The third-order valence-electron chi connectivity index (χ3n) is 0. The zero-order valence-electron chi connectivity index (χ0n) is 4.06. The molecule has 1 N–H and O–H groups in total. The van der Waals surface area contributed by atoms with Crippen molar-refractivity contribution in [2.24, 2.45) is 0 Å². The zero-order valence-corrected chi connectivity index (χ0v) is 8.02. The van der Waals surface area contributed by atoms with E-state index in [0.717, 1.165) is 0 Å². The summed E-state index contributed by atoms with van der Waals surface area (Å²) in [4.78, 5) is 0. The number of halogens is 3. The molecule has 0 heterocycles. The Balaban J connectivity index is -0.0000000910. The van der Waals surface area contributed by atoms with Crippen molar-refractivity contribution >= 4 is 53.4 Å². The lowest BCUT2D eigenvalue weighted by atomic mass is 15.8. The van der Waals surface area contributed by atoms with Crippen LogP contribution in [0.1, 0.15) is 0 Å². The van der Waals surface area contributed by atoms with E-state index < -0.39 is 19.6 Å². The van der Waals surface area contributed by atoms with Crippen LogP contribution < -0.4 is 0 Å². The summed E-state index contributed by atoms with van der Waals surface area (Å²) in [6.07, 6.45) is 0. The van der Waals surface area contributed by atoms with Crippen molar-refractivity contribution in [2.45, 2.75) is 0 Å². The molecule has 10 heteroatoms. The molecule has 0 aromatic rings. The van der Waals surface area contributed by atoms with Crippen molar-refractivity contribution in [1.82, 2.24) is 0 Å². The molecule has 0 bridgehead atoms. The van der Waals surface area contributed by atoms with Crippen molar-refractivity contribution in [3.63, 3.8) is 0 Å². The molecule has 0 amide bonds. The Morgan fingerprint density at radius 1 is 1.40 bits per heavy atom. The third-order valence-corrected chi connectivity index (χ3v) is 0. The Morgan fingerprint density at radius 2 is 1.40 bits per heavy atom. The standard InChI is InChI=1S/Cl2O2S.ClH.H2O3S/c1-5(2,3)4;;1-4(2)3/h;1H;(H2,1,2,3)/p-1. The normalized spacial score (nSPS) is 12.0. The van der Waals surface area contributed by atoms with Crippen molar-refractivity contribution in [1.29, 1.82) is 0 Å². The van der Waals surface area contributed by atoms with E-state index in [9.17, 15) is 0 Å². The molecule has 0 aliphatic heterocycles. The quantitative estimate of drug-likeness (QED) is 0.499. The molecular formula is H2Cl3O5S2-. The van der Waals surface area contributed by atoms with Crippen LogP contribution in [0.15, 0.2) is 0 Å². The molecule has 0 aromatic carbocycles. The lowest BCUT2D eigenvalue weighted by Gasteiger charge is -1.83. The van der Waals surface area contributed by atoms with Crippen LogP contribution in [0, 0.1) is 0 Å². The van der Waals surface area contributed by atoms with Crippen LogP contribution in [0.5, 0.6) is 0 Å². The van der Waals surface area contributed by atoms with Crippen LogP contribution in [0.25, 0.3) is 0 Å². The van der Waals surface area contributed by atoms with Gasteiger partial charge >= 0.3 is 8.26 Å². The highest BCUT2D eigenvalue weighted by Crippen LogP contribution is 1.98. The van der Waals surface area contributed by atoms with Crippen LogP contribution in [0.2, 0.25) is 0 Å². The molecule has 0 fully saturated rings. The fourth-order valence-electron chi connectivity index (χ4n) is 0. The first-order valence-electron chi connectivity index (χ1n) is 1.16. The zero-order chi connectivity index (χ0) is 8.08. The van der Waals surface area contributed by atoms with Crippen LogP contribution in [-0.2, 0) is 19.6 Å². The summed E-state index contributed by atoms with van der Waals surface area (Å²) in [5.41, 5.74) is 0. The van der Waals surface area contributed by atoms with E-state index in [1.54, 1.807) is 0 Å². The summed E-state index contributed by atoms with van der Waals surface area (Å²) in [5, 5.41) is 0. The van der Waals surface area contributed by atoms with Crippen LogP contribution >= 0.6 is 33.8 Å². The molecule has 0 aromatic heterocycles. The minimum atomic E-state index is -3.72. The maximum Gasteiger partial charge on any atom is 0.317 e. The molecule has 0 spiro atoms. The Morgan fingerprint density at radius 3 is 1.40 bits per heavy atom. The molecule has 66 valence electrons. The lowest BCUT2D eigenvalue weighted by molar-refractivity contribution is 0.436. The summed E-state index contributed by atoms with van der Waals surface area (Å²) in [6.45, 7) is 0. The molecule has 1 atom stereocenters. The number of hydrogen-bond donors (Lipinski definition) is 1. The average Bonchev–Trinajstić information content (AvgIpc) is 1.19. The van der Waals surface area contributed by atoms with Gasteiger partial charge in [0.25, 0.3) is 0 Å². The number of hydrogen-bond acceptors (Lipinski definition) is 4. The van der Waals surface area contributed by atoms with E-state index in [1.807, 2.05) is 0 Å². The molecule has 10 heavy (non-hydrogen) atoms. The maximum absolute atomic E-state index is 9.16. The lowest BCUT2D eigenvalue weighted by Crippen LogP contribution is -1.75. The van der Waals surface area contributed by atoms with Gasteiger partial charge in [-0.2, -0.15) is 8.42 Å². The largest absolute Gasteiger partial charge is 0.750 e. The van der Waals surface area contributed by atoms with Crippen molar-refractivity contribution in [3.05, 3.63) is 0 Å². The van der Waals surface area contributed by atoms with E-state index in [2.05, 4.69) is 21.4 Å². The van der Waals surface area contributed by atoms with Gasteiger partial charge in [0, 0.05) is 21.4 Å². The highest BCUT2D eigenvalue weighted by molar-refractivity contribution is 8.31. The van der Waals surface area contributed by atoms with Gasteiger partial charge in [-0.15, -0.1) is 12.4 Å². The SMILES string of the molecule is Cl.O=S(=O)(Cl)Cl.O=S([O-])O. The minimum absolute atomic E-state index is 0. The van der Waals surface area contributed by atoms with Gasteiger partial charge in [-0.25, -0.2) is 4.21 Å². The molecule has 0 radical (unpaired) electrons. The molecule has 0 aliphatic carbocycles. The topological polar surface area (TPSA) is 94.5 Å². The fourth-order valence-corrected chi connectivity index (χ4v) is 0. The van der Waals surface area contributed by atoms with Crippen molar-refractivity contribution < 1.29 is 21.7 Å². The first-order chi connectivity index (χ1) is 3.73. The third kappa shape index (κ3) is 699. The van der Waals surface area contributed by atoms with Gasteiger partial charge in [0.15, 0.2) is 0 Å². The average molecular weight is 253 g/mol. The van der Waals surface area contributed by atoms with Crippen LogP contribution in [-0.4, -0.2) is 21.7 Å². The van der Waals surface area contributed by atoms with Gasteiger partial charge in [-0.05, 0) is 0 Å². The summed E-state index contributed by atoms with van der Waals surface area (Å²) in [7, 11) is 4.81. The van der Waals surface area contributed by atoms with Gasteiger partial charge < -0.3 is 9.11 Å². The summed E-state index contributed by atoms with van der Waals surface area (Å²) < 4.78 is 42.4. The van der Waals surface area contributed by atoms with Crippen LogP contribution in [0.4, 0.5) is 0 Å². The monoisotopic (exact) mass is 251 g/mol. The Kier molecular flexibility index (Phi) is 13.7. The Bertz CT molecular complexity index is 157. The maximum atomic E-state index is 9.16. The van der Waals surface area contributed by atoms with Gasteiger partial charge in [-0.3, -0.25) is 0 Å². The van der Waals surface area contributed by atoms with Crippen LogP contribution in [0.3, 0.4) is 0 Å².